The summed E-state index contributed by atoms with van der Waals surface area (Å²) in [4.78, 5) is 0. The molecular formula is C15H22N2S. The highest BCUT2D eigenvalue weighted by Gasteiger charge is 2.21. The molecular weight excluding hydrogens is 240 g/mol. The van der Waals surface area contributed by atoms with E-state index in [0.717, 1.165) is 16.7 Å². The van der Waals surface area contributed by atoms with Crippen LogP contribution in [0, 0.1) is 12.8 Å². The maximum Gasteiger partial charge on any atom is 0.171 e. The van der Waals surface area contributed by atoms with Crippen molar-refractivity contribution in [1.29, 1.82) is 0 Å². The minimum atomic E-state index is 0.532. The largest absolute Gasteiger partial charge is 0.359 e. The van der Waals surface area contributed by atoms with Gasteiger partial charge in [0.2, 0.25) is 0 Å². The van der Waals surface area contributed by atoms with Gasteiger partial charge in [-0.05, 0) is 50.0 Å². The minimum absolute atomic E-state index is 0.532. The molecule has 1 aromatic rings. The molecule has 0 aromatic heterocycles. The van der Waals surface area contributed by atoms with Gasteiger partial charge in [-0.25, -0.2) is 0 Å². The van der Waals surface area contributed by atoms with E-state index in [2.05, 4.69) is 48.7 Å². The Hall–Kier alpha value is -1.09. The molecule has 2 atom stereocenters. The van der Waals surface area contributed by atoms with E-state index in [1.807, 2.05) is 0 Å². The molecule has 0 heterocycles. The average Bonchev–Trinajstić information content (AvgIpc) is 2.35. The monoisotopic (exact) mass is 262 g/mol. The third-order valence-electron chi connectivity index (χ3n) is 3.74. The van der Waals surface area contributed by atoms with Crippen LogP contribution < -0.4 is 10.6 Å². The normalized spacial score (nSPS) is 23.4. The summed E-state index contributed by atoms with van der Waals surface area (Å²) in [5.41, 5.74) is 2.32. The lowest BCUT2D eigenvalue weighted by Gasteiger charge is -2.30. The topological polar surface area (TPSA) is 24.1 Å². The number of rotatable bonds is 2. The van der Waals surface area contributed by atoms with Crippen molar-refractivity contribution in [2.75, 3.05) is 5.32 Å². The fraction of sp³-hybridized carbons (Fsp3) is 0.533. The molecule has 0 amide bonds. The molecule has 18 heavy (non-hydrogen) atoms. The second-order valence-corrected chi connectivity index (χ2v) is 5.74. The molecule has 1 aliphatic rings. The van der Waals surface area contributed by atoms with Gasteiger partial charge in [-0.2, -0.15) is 0 Å². The minimum Gasteiger partial charge on any atom is -0.359 e. The van der Waals surface area contributed by atoms with Crippen LogP contribution in [0.25, 0.3) is 0 Å². The van der Waals surface area contributed by atoms with E-state index < -0.39 is 0 Å². The molecule has 0 aliphatic heterocycles. The van der Waals surface area contributed by atoms with Gasteiger partial charge in [-0.3, -0.25) is 0 Å². The van der Waals surface area contributed by atoms with Gasteiger partial charge >= 0.3 is 0 Å². The lowest BCUT2D eigenvalue weighted by molar-refractivity contribution is 0.309. The molecule has 98 valence electrons. The maximum atomic E-state index is 5.38. The van der Waals surface area contributed by atoms with E-state index in [1.54, 1.807) is 0 Å². The van der Waals surface area contributed by atoms with Crippen LogP contribution >= 0.6 is 12.2 Å². The Bertz CT molecular complexity index is 399. The highest BCUT2D eigenvalue weighted by atomic mass is 32.1. The van der Waals surface area contributed by atoms with Crippen molar-refractivity contribution in [3.05, 3.63) is 29.8 Å². The number of benzene rings is 1. The van der Waals surface area contributed by atoms with E-state index in [-0.39, 0.29) is 0 Å². The molecule has 1 saturated carbocycles. The first-order valence-electron chi connectivity index (χ1n) is 6.79. The molecule has 1 aliphatic carbocycles. The van der Waals surface area contributed by atoms with Crippen molar-refractivity contribution >= 4 is 23.0 Å². The van der Waals surface area contributed by atoms with Gasteiger partial charge in [-0.1, -0.05) is 37.5 Å². The van der Waals surface area contributed by atoms with Crippen LogP contribution in [0.2, 0.25) is 0 Å². The Morgan fingerprint density at radius 1 is 1.17 bits per heavy atom. The van der Waals surface area contributed by atoms with Crippen molar-refractivity contribution in [3.8, 4) is 0 Å². The number of hydrogen-bond donors (Lipinski definition) is 2. The fourth-order valence-electron chi connectivity index (χ4n) is 2.50. The summed E-state index contributed by atoms with van der Waals surface area (Å²) in [6, 6.07) is 8.84. The predicted molar refractivity (Wildman–Crippen MR) is 82.0 cm³/mol. The molecule has 2 N–H and O–H groups in total. The molecule has 1 fully saturated rings. The van der Waals surface area contributed by atoms with Crippen LogP contribution in [0.3, 0.4) is 0 Å². The molecule has 1 aromatic carbocycles. The lowest BCUT2D eigenvalue weighted by Crippen LogP contribution is -2.43. The van der Waals surface area contributed by atoms with Crippen molar-refractivity contribution in [1.82, 2.24) is 5.32 Å². The molecule has 0 unspecified atom stereocenters. The first-order valence-corrected chi connectivity index (χ1v) is 7.20. The first kappa shape index (κ1) is 13.3. The van der Waals surface area contributed by atoms with E-state index in [0.29, 0.717) is 6.04 Å². The van der Waals surface area contributed by atoms with Crippen molar-refractivity contribution in [3.63, 3.8) is 0 Å². The average molecular weight is 262 g/mol. The van der Waals surface area contributed by atoms with Crippen LogP contribution in [-0.4, -0.2) is 11.2 Å². The zero-order chi connectivity index (χ0) is 13.0. The van der Waals surface area contributed by atoms with Gasteiger partial charge in [0.25, 0.3) is 0 Å². The molecule has 0 radical (unpaired) electrons. The number of anilines is 1. The van der Waals surface area contributed by atoms with E-state index >= 15 is 0 Å². The van der Waals surface area contributed by atoms with Crippen molar-refractivity contribution in [2.45, 2.75) is 45.6 Å². The number of hydrogen-bond acceptors (Lipinski definition) is 1. The second-order valence-electron chi connectivity index (χ2n) is 5.33. The Morgan fingerprint density at radius 3 is 2.50 bits per heavy atom. The Morgan fingerprint density at radius 2 is 1.83 bits per heavy atom. The maximum absolute atomic E-state index is 5.38. The van der Waals surface area contributed by atoms with Crippen LogP contribution in [0.5, 0.6) is 0 Å². The van der Waals surface area contributed by atoms with Crippen molar-refractivity contribution in [2.24, 2.45) is 5.92 Å². The Balaban J connectivity index is 1.86. The SMILES string of the molecule is Cc1ccc(NC(=S)N[C@H]2CCCC[C@H]2C)cc1. The number of nitrogens with one attached hydrogen (secondary N) is 2. The standard InChI is InChI=1S/C15H22N2S/c1-11-7-9-13(10-8-11)16-15(18)17-14-6-4-3-5-12(14)2/h7-10,12,14H,3-6H2,1-2H3,(H2,16,17,18)/t12-,14+/m1/s1. The van der Waals surface area contributed by atoms with Crippen LogP contribution in [-0.2, 0) is 0 Å². The van der Waals surface area contributed by atoms with Gasteiger partial charge in [0, 0.05) is 11.7 Å². The smallest absolute Gasteiger partial charge is 0.171 e. The van der Waals surface area contributed by atoms with Crippen LogP contribution in [0.4, 0.5) is 5.69 Å². The van der Waals surface area contributed by atoms with Gasteiger partial charge in [0.15, 0.2) is 5.11 Å². The Kier molecular flexibility index (Phi) is 4.59. The van der Waals surface area contributed by atoms with Gasteiger partial charge in [-0.15, -0.1) is 0 Å². The lowest BCUT2D eigenvalue weighted by atomic mass is 9.86. The Labute approximate surface area is 115 Å². The highest BCUT2D eigenvalue weighted by molar-refractivity contribution is 7.80. The molecule has 2 rings (SSSR count). The molecule has 3 heteroatoms. The summed E-state index contributed by atoms with van der Waals surface area (Å²) in [5.74, 6) is 0.719. The first-order chi connectivity index (χ1) is 8.65. The van der Waals surface area contributed by atoms with E-state index in [1.165, 1.54) is 31.2 Å². The molecule has 0 saturated heterocycles. The molecule has 2 nitrogen and oxygen atoms in total. The number of aryl methyl sites for hydroxylation is 1. The quantitative estimate of drug-likeness (QED) is 0.791. The zero-order valence-corrected chi connectivity index (χ0v) is 12.0. The predicted octanol–water partition coefficient (Wildman–Crippen LogP) is 3.86. The second kappa shape index (κ2) is 6.19. The molecule has 0 bridgehead atoms. The van der Waals surface area contributed by atoms with Gasteiger partial charge in [0.1, 0.15) is 0 Å². The van der Waals surface area contributed by atoms with E-state index in [4.69, 9.17) is 12.2 Å². The summed E-state index contributed by atoms with van der Waals surface area (Å²) >= 11 is 5.38. The van der Waals surface area contributed by atoms with Crippen LogP contribution in [0.1, 0.15) is 38.2 Å². The fourth-order valence-corrected chi connectivity index (χ4v) is 2.77. The van der Waals surface area contributed by atoms with E-state index in [9.17, 15) is 0 Å². The molecule has 0 spiro atoms. The third-order valence-corrected chi connectivity index (χ3v) is 3.96. The van der Waals surface area contributed by atoms with Crippen LogP contribution in [0.15, 0.2) is 24.3 Å². The number of thiocarbonyl (C=S) groups is 1. The van der Waals surface area contributed by atoms with Gasteiger partial charge in [0.05, 0.1) is 0 Å². The van der Waals surface area contributed by atoms with Gasteiger partial charge < -0.3 is 10.6 Å². The van der Waals surface area contributed by atoms with Crippen molar-refractivity contribution < 1.29 is 0 Å². The summed E-state index contributed by atoms with van der Waals surface area (Å²) in [5, 5.41) is 7.46. The zero-order valence-electron chi connectivity index (χ0n) is 11.2. The summed E-state index contributed by atoms with van der Waals surface area (Å²) in [6.07, 6.45) is 5.22. The highest BCUT2D eigenvalue weighted by Crippen LogP contribution is 2.23. The summed E-state index contributed by atoms with van der Waals surface area (Å²) < 4.78 is 0. The third kappa shape index (κ3) is 3.70. The summed E-state index contributed by atoms with van der Waals surface area (Å²) in [7, 11) is 0. The summed E-state index contributed by atoms with van der Waals surface area (Å²) in [6.45, 7) is 4.40.